The highest BCUT2D eigenvalue weighted by atomic mass is 16.5. The molecule has 2 unspecified atom stereocenters. The largest absolute Gasteiger partial charge is 0.481 e. The molecular weight excluding hydrogens is 472 g/mol. The molecule has 3 aliphatic rings. The Labute approximate surface area is 219 Å². The molecule has 0 aromatic heterocycles. The fourth-order valence-corrected chi connectivity index (χ4v) is 7.32. The molecule has 3 saturated heterocycles. The van der Waals surface area contributed by atoms with Gasteiger partial charge in [-0.25, -0.2) is 0 Å². The number of hydrogen-bond donors (Lipinski definition) is 2. The molecule has 0 saturated carbocycles. The normalized spacial score (nSPS) is 29.8. The van der Waals surface area contributed by atoms with E-state index in [2.05, 4.69) is 27.4 Å². The molecule has 4 rings (SSSR count). The molecular formula is C29H40N2O6. The second-order valence-electron chi connectivity index (χ2n) is 12.5. The number of aliphatic hydroxyl groups excluding tert-OH is 1. The summed E-state index contributed by atoms with van der Waals surface area (Å²) in [7, 11) is 0. The number of nitrogens with zero attached hydrogens (tertiary/aromatic N) is 2. The Kier molecular flexibility index (Phi) is 7.05. The Hall–Kier alpha value is -2.71. The van der Waals surface area contributed by atoms with Gasteiger partial charge in [-0.15, -0.1) is 6.58 Å². The van der Waals surface area contributed by atoms with Crippen molar-refractivity contribution in [2.75, 3.05) is 13.2 Å². The highest BCUT2D eigenvalue weighted by Gasteiger charge is 2.75. The summed E-state index contributed by atoms with van der Waals surface area (Å²) in [5, 5.41) is 20.6. The maximum atomic E-state index is 14.7. The van der Waals surface area contributed by atoms with Gasteiger partial charge in [-0.3, -0.25) is 14.4 Å². The molecule has 3 fully saturated rings. The molecule has 202 valence electrons. The van der Waals surface area contributed by atoms with Crippen LogP contribution in [0.4, 0.5) is 0 Å². The van der Waals surface area contributed by atoms with Crippen LogP contribution in [0, 0.1) is 17.3 Å². The van der Waals surface area contributed by atoms with Gasteiger partial charge in [0.1, 0.15) is 11.6 Å². The minimum atomic E-state index is -1.25. The number of hydrogen-bond acceptors (Lipinski definition) is 5. The number of likely N-dealkylation sites (tertiary alicyclic amines) is 1. The number of ether oxygens (including phenoxy) is 1. The zero-order chi connectivity index (χ0) is 27.3. The van der Waals surface area contributed by atoms with E-state index < -0.39 is 59.6 Å². The van der Waals surface area contributed by atoms with Crippen molar-refractivity contribution >= 4 is 17.8 Å². The van der Waals surface area contributed by atoms with Gasteiger partial charge in [-0.05, 0) is 44.1 Å². The van der Waals surface area contributed by atoms with Crippen LogP contribution in [0.3, 0.4) is 0 Å². The summed E-state index contributed by atoms with van der Waals surface area (Å²) >= 11 is 0. The van der Waals surface area contributed by atoms with Gasteiger partial charge in [-0.1, -0.05) is 57.2 Å². The fraction of sp³-hybridized carbons (Fsp3) is 0.621. The molecule has 2 bridgehead atoms. The van der Waals surface area contributed by atoms with Gasteiger partial charge in [-0.2, -0.15) is 0 Å². The Morgan fingerprint density at radius 2 is 1.89 bits per heavy atom. The summed E-state index contributed by atoms with van der Waals surface area (Å²) in [4.78, 5) is 44.3. The summed E-state index contributed by atoms with van der Waals surface area (Å²) < 4.78 is 6.37. The Balaban J connectivity index is 1.86. The quantitative estimate of drug-likeness (QED) is 0.491. The molecule has 37 heavy (non-hydrogen) atoms. The number of benzene rings is 1. The van der Waals surface area contributed by atoms with Crippen LogP contribution in [-0.2, 0) is 19.1 Å². The minimum Gasteiger partial charge on any atom is -0.481 e. The van der Waals surface area contributed by atoms with E-state index in [4.69, 9.17) is 4.74 Å². The zero-order valence-electron chi connectivity index (χ0n) is 22.5. The molecule has 8 heteroatoms. The van der Waals surface area contributed by atoms with E-state index in [0.717, 1.165) is 0 Å². The van der Waals surface area contributed by atoms with Gasteiger partial charge < -0.3 is 24.7 Å². The highest BCUT2D eigenvalue weighted by molar-refractivity contribution is 5.98. The van der Waals surface area contributed by atoms with Gasteiger partial charge in [0.15, 0.2) is 0 Å². The van der Waals surface area contributed by atoms with Crippen molar-refractivity contribution in [1.82, 2.24) is 9.80 Å². The summed E-state index contributed by atoms with van der Waals surface area (Å²) in [6.07, 6.45) is 2.65. The van der Waals surface area contributed by atoms with Crippen molar-refractivity contribution in [1.29, 1.82) is 0 Å². The van der Waals surface area contributed by atoms with Crippen molar-refractivity contribution in [2.24, 2.45) is 17.3 Å². The third-order valence-corrected chi connectivity index (χ3v) is 8.22. The van der Waals surface area contributed by atoms with Crippen LogP contribution in [0.15, 0.2) is 43.0 Å². The monoisotopic (exact) mass is 512 g/mol. The second kappa shape index (κ2) is 9.55. The predicted octanol–water partition coefficient (Wildman–Crippen LogP) is 3.41. The standard InChI is InChI=1S/C29H40N2O6/c1-7-15-30(28(5,6)17-27(2,3)4)25(34)23-29-14-13-20(37-29)21(26(35)36)22(29)24(33)31(23)19(16-32)18-11-9-8-10-12-18/h7-12,19-23,32H,1,13-17H2,2-6H3,(H,35,36)/t19-,20+,21-,22+,23?,29?/m1/s1. The van der Waals surface area contributed by atoms with Crippen LogP contribution in [-0.4, -0.2) is 74.2 Å². The fourth-order valence-electron chi connectivity index (χ4n) is 7.32. The molecule has 0 radical (unpaired) electrons. The number of aliphatic hydroxyl groups is 1. The van der Waals surface area contributed by atoms with E-state index in [-0.39, 0.29) is 17.9 Å². The second-order valence-corrected chi connectivity index (χ2v) is 12.5. The van der Waals surface area contributed by atoms with Crippen molar-refractivity contribution in [3.8, 4) is 0 Å². The molecule has 1 spiro atoms. The summed E-state index contributed by atoms with van der Waals surface area (Å²) in [5.41, 5.74) is -1.24. The lowest BCUT2D eigenvalue weighted by Gasteiger charge is -2.46. The van der Waals surface area contributed by atoms with E-state index in [1.807, 2.05) is 32.0 Å². The van der Waals surface area contributed by atoms with E-state index in [0.29, 0.717) is 24.8 Å². The number of carbonyl (C=O) groups excluding carboxylic acids is 2. The number of fused-ring (bicyclic) bond motifs is 1. The lowest BCUT2D eigenvalue weighted by atomic mass is 9.70. The van der Waals surface area contributed by atoms with Crippen LogP contribution >= 0.6 is 0 Å². The first-order valence-corrected chi connectivity index (χ1v) is 13.1. The number of aliphatic carboxylic acids is 1. The number of rotatable bonds is 9. The Bertz CT molecular complexity index is 1060. The lowest BCUT2D eigenvalue weighted by Crippen LogP contribution is -2.61. The van der Waals surface area contributed by atoms with Crippen LogP contribution in [0.2, 0.25) is 0 Å². The third kappa shape index (κ3) is 4.48. The molecule has 8 nitrogen and oxygen atoms in total. The number of carboxylic acids is 1. The van der Waals surface area contributed by atoms with Crippen LogP contribution in [0.1, 0.15) is 65.5 Å². The molecule has 1 aromatic rings. The molecule has 6 atom stereocenters. The van der Waals surface area contributed by atoms with E-state index in [9.17, 15) is 24.6 Å². The molecule has 3 heterocycles. The topological polar surface area (TPSA) is 107 Å². The first-order valence-electron chi connectivity index (χ1n) is 13.1. The summed E-state index contributed by atoms with van der Waals surface area (Å²) in [5.74, 6) is -3.83. The minimum absolute atomic E-state index is 0.0798. The van der Waals surface area contributed by atoms with E-state index in [1.54, 1.807) is 23.1 Å². The maximum Gasteiger partial charge on any atom is 0.310 e. The Morgan fingerprint density at radius 1 is 1.24 bits per heavy atom. The molecule has 2 amide bonds. The van der Waals surface area contributed by atoms with Crippen molar-refractivity contribution in [3.05, 3.63) is 48.6 Å². The summed E-state index contributed by atoms with van der Waals surface area (Å²) in [6, 6.07) is 7.21. The van der Waals surface area contributed by atoms with Crippen LogP contribution in [0.5, 0.6) is 0 Å². The average molecular weight is 513 g/mol. The third-order valence-electron chi connectivity index (χ3n) is 8.22. The van der Waals surface area contributed by atoms with Crippen molar-refractivity contribution < 1.29 is 29.3 Å². The molecule has 1 aromatic carbocycles. The zero-order valence-corrected chi connectivity index (χ0v) is 22.5. The smallest absolute Gasteiger partial charge is 0.310 e. The van der Waals surface area contributed by atoms with E-state index >= 15 is 0 Å². The highest BCUT2D eigenvalue weighted by Crippen LogP contribution is 2.60. The lowest BCUT2D eigenvalue weighted by molar-refractivity contribution is -0.156. The predicted molar refractivity (Wildman–Crippen MR) is 138 cm³/mol. The number of amides is 2. The van der Waals surface area contributed by atoms with Gasteiger partial charge >= 0.3 is 5.97 Å². The first-order chi connectivity index (χ1) is 17.3. The maximum absolute atomic E-state index is 14.7. The number of carbonyl (C=O) groups is 3. The Morgan fingerprint density at radius 3 is 2.43 bits per heavy atom. The molecule has 3 aliphatic heterocycles. The van der Waals surface area contributed by atoms with Gasteiger partial charge in [0.05, 0.1) is 30.6 Å². The van der Waals surface area contributed by atoms with E-state index in [1.165, 1.54) is 4.90 Å². The van der Waals surface area contributed by atoms with Crippen LogP contribution < -0.4 is 0 Å². The van der Waals surface area contributed by atoms with Crippen LogP contribution in [0.25, 0.3) is 0 Å². The van der Waals surface area contributed by atoms with Crippen molar-refractivity contribution in [2.45, 2.75) is 83.2 Å². The first kappa shape index (κ1) is 27.3. The van der Waals surface area contributed by atoms with Gasteiger partial charge in [0.25, 0.3) is 0 Å². The number of carboxylic acid groups (broad SMARTS) is 1. The van der Waals surface area contributed by atoms with Gasteiger partial charge in [0.2, 0.25) is 11.8 Å². The summed E-state index contributed by atoms with van der Waals surface area (Å²) in [6.45, 7) is 14.1. The van der Waals surface area contributed by atoms with Crippen molar-refractivity contribution in [3.63, 3.8) is 0 Å². The SMILES string of the molecule is C=CCN(C(=O)C1N([C@H](CO)c2ccccc2)C(=O)[C@@H]2[C@H](C(=O)O)[C@@H]3CCC12O3)C(C)(C)CC(C)(C)C. The average Bonchev–Trinajstić information content (AvgIpc) is 3.44. The molecule has 0 aliphatic carbocycles. The molecule has 2 N–H and O–H groups in total. The van der Waals surface area contributed by atoms with Gasteiger partial charge in [0, 0.05) is 12.1 Å².